The first-order valence-corrected chi connectivity index (χ1v) is 12.6. The maximum atomic E-state index is 13.2. The number of halogens is 1. The van der Waals surface area contributed by atoms with Gasteiger partial charge in [0, 0.05) is 36.4 Å². The molecular formula is C25H28ClN5O2S. The lowest BCUT2D eigenvalue weighted by atomic mass is 9.73. The number of carbonyl (C=O) groups excluding carboxylic acids is 1. The molecule has 1 aromatic heterocycles. The third-order valence-electron chi connectivity index (χ3n) is 7.41. The molecule has 7 nitrogen and oxygen atoms in total. The Balaban J connectivity index is 1.30. The van der Waals surface area contributed by atoms with E-state index in [-0.39, 0.29) is 29.0 Å². The van der Waals surface area contributed by atoms with Crippen molar-refractivity contribution in [3.63, 3.8) is 0 Å². The number of anilines is 1. The average Bonchev–Trinajstić information content (AvgIpc) is 3.11. The number of amidine groups is 1. The van der Waals surface area contributed by atoms with Crippen LogP contribution in [0.2, 0.25) is 5.02 Å². The van der Waals surface area contributed by atoms with Crippen molar-refractivity contribution in [2.24, 2.45) is 22.1 Å². The van der Waals surface area contributed by atoms with E-state index in [1.54, 1.807) is 25.6 Å². The number of pyridine rings is 1. The van der Waals surface area contributed by atoms with Crippen LogP contribution in [-0.4, -0.2) is 41.7 Å². The minimum Gasteiger partial charge on any atom is -0.497 e. The standard InChI is InChI=1S/C25H28ClN5O2S/c1-14-21(32)19(34-18-5-8-29-23(28)20(18)26)13-30-24(14)31-9-6-25(7-10-31)12-15-3-4-16(33-2)11-17(15)22(25)27/h3-5,8,11,13-14,22H,6-7,9-10,12,27H2,1-2H3,(H2,28,29)/t14-,22?/m1/s1. The first-order valence-electron chi connectivity index (χ1n) is 11.4. The number of nitrogens with two attached hydrogens (primary N) is 2. The van der Waals surface area contributed by atoms with Gasteiger partial charge in [-0.2, -0.15) is 0 Å². The summed E-state index contributed by atoms with van der Waals surface area (Å²) >= 11 is 7.54. The SMILES string of the molecule is COc1ccc2c(c1)C(N)C1(CCN(C3=NC=C(Sc4ccnc(N)c4Cl)C(=O)[C@H]3C)CC1)C2. The van der Waals surface area contributed by atoms with Crippen LogP contribution < -0.4 is 16.2 Å². The van der Waals surface area contributed by atoms with Crippen molar-refractivity contribution in [3.05, 3.63) is 57.7 Å². The summed E-state index contributed by atoms with van der Waals surface area (Å²) in [6.07, 6.45) is 6.15. The number of likely N-dealkylation sites (tertiary alicyclic amines) is 1. The number of carbonyl (C=O) groups is 1. The Morgan fingerprint density at radius 3 is 2.76 bits per heavy atom. The number of hydrogen-bond donors (Lipinski definition) is 2. The third kappa shape index (κ3) is 3.87. The smallest absolute Gasteiger partial charge is 0.181 e. The minimum atomic E-state index is -0.321. The van der Waals surface area contributed by atoms with Gasteiger partial charge in [-0.3, -0.25) is 4.79 Å². The van der Waals surface area contributed by atoms with Crippen LogP contribution in [0.5, 0.6) is 5.75 Å². The maximum absolute atomic E-state index is 13.2. The molecule has 0 amide bonds. The van der Waals surface area contributed by atoms with Crippen LogP contribution in [0.4, 0.5) is 5.82 Å². The zero-order chi connectivity index (χ0) is 24.0. The van der Waals surface area contributed by atoms with Crippen molar-refractivity contribution in [2.75, 3.05) is 25.9 Å². The molecule has 1 spiro atoms. The van der Waals surface area contributed by atoms with Gasteiger partial charge in [-0.15, -0.1) is 0 Å². The third-order valence-corrected chi connectivity index (χ3v) is 9.01. The second-order valence-electron chi connectivity index (χ2n) is 9.25. The Labute approximate surface area is 208 Å². The number of aromatic nitrogens is 1. The number of aliphatic imine (C=N–C) groups is 1. The normalized spacial score (nSPS) is 23.5. The fraction of sp³-hybridized carbons (Fsp3) is 0.400. The number of ether oxygens (including phenoxy) is 1. The zero-order valence-electron chi connectivity index (χ0n) is 19.3. The van der Waals surface area contributed by atoms with Crippen LogP contribution >= 0.6 is 23.4 Å². The molecular weight excluding hydrogens is 470 g/mol. The summed E-state index contributed by atoms with van der Waals surface area (Å²) in [5.41, 5.74) is 15.1. The number of ketones is 1. The number of methoxy groups -OCH3 is 1. The van der Waals surface area contributed by atoms with Crippen LogP contribution in [0.3, 0.4) is 0 Å². The van der Waals surface area contributed by atoms with E-state index in [4.69, 9.17) is 32.8 Å². The molecule has 9 heteroatoms. The lowest BCUT2D eigenvalue weighted by molar-refractivity contribution is -0.116. The molecule has 5 rings (SSSR count). The Morgan fingerprint density at radius 1 is 1.26 bits per heavy atom. The van der Waals surface area contributed by atoms with Gasteiger partial charge in [0.25, 0.3) is 0 Å². The van der Waals surface area contributed by atoms with Crippen molar-refractivity contribution >= 4 is 40.8 Å². The molecule has 178 valence electrons. The van der Waals surface area contributed by atoms with Gasteiger partial charge in [-0.25, -0.2) is 9.98 Å². The molecule has 2 aliphatic heterocycles. The van der Waals surface area contributed by atoms with Gasteiger partial charge in [0.2, 0.25) is 0 Å². The fourth-order valence-corrected chi connectivity index (χ4v) is 6.51. The lowest BCUT2D eigenvalue weighted by Gasteiger charge is -2.44. The molecule has 1 aliphatic carbocycles. The van der Waals surface area contributed by atoms with E-state index >= 15 is 0 Å². The average molecular weight is 498 g/mol. The predicted octanol–water partition coefficient (Wildman–Crippen LogP) is 4.21. The summed E-state index contributed by atoms with van der Waals surface area (Å²) in [7, 11) is 1.68. The number of nitrogens with zero attached hydrogens (tertiary/aromatic N) is 3. The molecule has 1 aromatic carbocycles. The summed E-state index contributed by atoms with van der Waals surface area (Å²) in [4.78, 5) is 25.4. The van der Waals surface area contributed by atoms with E-state index in [0.717, 1.165) is 43.9 Å². The summed E-state index contributed by atoms with van der Waals surface area (Å²) in [5.74, 6) is 1.65. The second kappa shape index (κ2) is 8.91. The van der Waals surface area contributed by atoms with Gasteiger partial charge in [0.15, 0.2) is 5.78 Å². The van der Waals surface area contributed by atoms with Crippen molar-refractivity contribution in [3.8, 4) is 5.75 Å². The monoisotopic (exact) mass is 497 g/mol. The highest BCUT2D eigenvalue weighted by Gasteiger charge is 2.47. The number of thioether (sulfide) groups is 1. The number of nitrogen functional groups attached to an aromatic ring is 1. The maximum Gasteiger partial charge on any atom is 0.181 e. The Hall–Kier alpha value is -2.55. The summed E-state index contributed by atoms with van der Waals surface area (Å²) in [6.45, 7) is 3.58. The van der Waals surface area contributed by atoms with E-state index in [9.17, 15) is 4.79 Å². The molecule has 0 bridgehead atoms. The summed E-state index contributed by atoms with van der Waals surface area (Å²) < 4.78 is 5.40. The highest BCUT2D eigenvalue weighted by molar-refractivity contribution is 8.04. The largest absolute Gasteiger partial charge is 0.497 e. The zero-order valence-corrected chi connectivity index (χ0v) is 20.8. The molecule has 2 atom stereocenters. The molecule has 3 aliphatic rings. The fourth-order valence-electron chi connectivity index (χ4n) is 5.34. The number of hydrogen-bond acceptors (Lipinski definition) is 8. The Bertz CT molecular complexity index is 1210. The quantitative estimate of drug-likeness (QED) is 0.653. The van der Waals surface area contributed by atoms with Gasteiger partial charge in [-0.05, 0) is 60.9 Å². The number of rotatable bonds is 3. The van der Waals surface area contributed by atoms with Crippen molar-refractivity contribution in [1.29, 1.82) is 0 Å². The van der Waals surface area contributed by atoms with Gasteiger partial charge >= 0.3 is 0 Å². The first-order chi connectivity index (χ1) is 16.3. The van der Waals surface area contributed by atoms with Crippen LogP contribution in [0.25, 0.3) is 0 Å². The Morgan fingerprint density at radius 2 is 2.03 bits per heavy atom. The highest BCUT2D eigenvalue weighted by atomic mass is 35.5. The molecule has 3 heterocycles. The van der Waals surface area contributed by atoms with Crippen LogP contribution in [0.15, 0.2) is 51.5 Å². The molecule has 1 unspecified atom stereocenters. The van der Waals surface area contributed by atoms with Crippen LogP contribution in [0.1, 0.15) is 36.9 Å². The van der Waals surface area contributed by atoms with E-state index in [1.807, 2.05) is 13.0 Å². The number of allylic oxidation sites excluding steroid dienone is 1. The summed E-state index contributed by atoms with van der Waals surface area (Å²) in [5, 5.41) is 0.358. The molecule has 1 fully saturated rings. The summed E-state index contributed by atoms with van der Waals surface area (Å²) in [6, 6.07) is 7.99. The van der Waals surface area contributed by atoms with Crippen molar-refractivity contribution < 1.29 is 9.53 Å². The predicted molar refractivity (Wildman–Crippen MR) is 136 cm³/mol. The van der Waals surface area contributed by atoms with Crippen molar-refractivity contribution in [2.45, 2.75) is 37.1 Å². The molecule has 2 aromatic rings. The number of benzene rings is 1. The van der Waals surface area contributed by atoms with Crippen LogP contribution in [-0.2, 0) is 11.2 Å². The van der Waals surface area contributed by atoms with E-state index in [0.29, 0.717) is 14.8 Å². The minimum absolute atomic E-state index is 0.00690. The molecule has 1 saturated heterocycles. The number of fused-ring (bicyclic) bond motifs is 1. The van der Waals surface area contributed by atoms with E-state index in [1.165, 1.54) is 22.9 Å². The lowest BCUT2D eigenvalue weighted by Crippen LogP contribution is -2.49. The van der Waals surface area contributed by atoms with E-state index < -0.39 is 0 Å². The Kier molecular flexibility index (Phi) is 6.08. The van der Waals surface area contributed by atoms with Gasteiger partial charge in [0.1, 0.15) is 17.4 Å². The van der Waals surface area contributed by atoms with Gasteiger partial charge < -0.3 is 21.1 Å². The van der Waals surface area contributed by atoms with Gasteiger partial charge in [0.05, 0.1) is 23.0 Å². The highest BCUT2D eigenvalue weighted by Crippen LogP contribution is 2.51. The topological polar surface area (TPSA) is 107 Å². The van der Waals surface area contributed by atoms with E-state index in [2.05, 4.69) is 22.0 Å². The molecule has 0 radical (unpaired) electrons. The number of Topliss-reactive ketones (excluding diaryl/α,β-unsaturated/α-hetero) is 1. The molecule has 4 N–H and O–H groups in total. The molecule has 0 saturated carbocycles. The first kappa shape index (κ1) is 23.2. The van der Waals surface area contributed by atoms with Gasteiger partial charge in [-0.1, -0.05) is 29.4 Å². The second-order valence-corrected chi connectivity index (χ2v) is 10.7. The van der Waals surface area contributed by atoms with Crippen molar-refractivity contribution in [1.82, 2.24) is 9.88 Å². The molecule has 34 heavy (non-hydrogen) atoms. The van der Waals surface area contributed by atoms with Crippen LogP contribution in [0, 0.1) is 11.3 Å². The number of piperidine rings is 1.